The van der Waals surface area contributed by atoms with Crippen LogP contribution in [0.3, 0.4) is 0 Å². The van der Waals surface area contributed by atoms with Crippen LogP contribution in [0.1, 0.15) is 19.4 Å². The second-order valence-corrected chi connectivity index (χ2v) is 4.19. The van der Waals surface area contributed by atoms with Crippen molar-refractivity contribution in [3.05, 3.63) is 29.8 Å². The molecule has 0 aliphatic rings. The largest absolute Gasteiger partial charge is 0.494 e. The maximum absolute atomic E-state index is 5.38. The zero-order valence-corrected chi connectivity index (χ0v) is 10.4. The summed E-state index contributed by atoms with van der Waals surface area (Å²) in [5.41, 5.74) is 1.38. The van der Waals surface area contributed by atoms with E-state index in [0.29, 0.717) is 5.92 Å². The lowest BCUT2D eigenvalue weighted by Gasteiger charge is -2.08. The maximum Gasteiger partial charge on any atom is 0.119 e. The molecular formula is C12H17BrO. The number of hydrogen-bond acceptors (Lipinski definition) is 1. The van der Waals surface area contributed by atoms with Crippen LogP contribution in [0, 0.1) is 5.92 Å². The van der Waals surface area contributed by atoms with Gasteiger partial charge in [0.2, 0.25) is 0 Å². The average Bonchev–Trinajstić information content (AvgIpc) is 2.21. The fourth-order valence-corrected chi connectivity index (χ4v) is 1.57. The number of ether oxygens (including phenoxy) is 1. The van der Waals surface area contributed by atoms with E-state index >= 15 is 0 Å². The maximum atomic E-state index is 5.38. The van der Waals surface area contributed by atoms with E-state index in [9.17, 15) is 0 Å². The molecule has 14 heavy (non-hydrogen) atoms. The highest BCUT2D eigenvalue weighted by molar-refractivity contribution is 9.09. The second-order valence-electron chi connectivity index (χ2n) is 3.54. The first-order chi connectivity index (χ1) is 6.76. The third-order valence-corrected chi connectivity index (χ3v) is 3.19. The minimum Gasteiger partial charge on any atom is -0.494 e. The first-order valence-corrected chi connectivity index (χ1v) is 6.16. The third-order valence-electron chi connectivity index (χ3n) is 2.08. The van der Waals surface area contributed by atoms with E-state index in [0.717, 1.165) is 24.1 Å². The second kappa shape index (κ2) is 6.07. The number of hydrogen-bond donors (Lipinski definition) is 0. The van der Waals surface area contributed by atoms with Gasteiger partial charge in [-0.25, -0.2) is 0 Å². The van der Waals surface area contributed by atoms with Gasteiger partial charge in [-0.2, -0.15) is 0 Å². The van der Waals surface area contributed by atoms with Gasteiger partial charge in [-0.15, -0.1) is 0 Å². The van der Waals surface area contributed by atoms with Crippen LogP contribution in [-0.4, -0.2) is 11.9 Å². The van der Waals surface area contributed by atoms with Gasteiger partial charge >= 0.3 is 0 Å². The van der Waals surface area contributed by atoms with Crippen LogP contribution < -0.4 is 4.74 Å². The molecule has 2 heteroatoms. The van der Waals surface area contributed by atoms with Gasteiger partial charge in [0.05, 0.1) is 6.61 Å². The molecule has 0 bridgehead atoms. The minimum atomic E-state index is 0.688. The normalized spacial score (nSPS) is 12.5. The van der Waals surface area contributed by atoms with Crippen molar-refractivity contribution in [3.63, 3.8) is 0 Å². The van der Waals surface area contributed by atoms with Crippen molar-refractivity contribution in [2.24, 2.45) is 5.92 Å². The summed E-state index contributed by atoms with van der Waals surface area (Å²) in [7, 11) is 0. The zero-order valence-electron chi connectivity index (χ0n) is 8.79. The lowest BCUT2D eigenvalue weighted by atomic mass is 10.0. The summed E-state index contributed by atoms with van der Waals surface area (Å²) >= 11 is 3.49. The molecule has 0 aliphatic heterocycles. The number of alkyl halides is 1. The Labute approximate surface area is 94.6 Å². The Morgan fingerprint density at radius 3 is 2.43 bits per heavy atom. The van der Waals surface area contributed by atoms with Crippen molar-refractivity contribution in [1.82, 2.24) is 0 Å². The molecule has 0 saturated carbocycles. The zero-order chi connectivity index (χ0) is 10.4. The standard InChI is InChI=1S/C12H17BrO/c1-3-14-12-6-4-11(5-7-12)8-10(2)9-13/h4-7,10H,3,8-9H2,1-2H3. The Morgan fingerprint density at radius 2 is 1.93 bits per heavy atom. The Bertz CT molecular complexity index is 256. The van der Waals surface area contributed by atoms with Gasteiger partial charge in [-0.3, -0.25) is 0 Å². The molecule has 0 saturated heterocycles. The van der Waals surface area contributed by atoms with Crippen molar-refractivity contribution < 1.29 is 4.74 Å². The molecule has 1 aromatic carbocycles. The van der Waals surface area contributed by atoms with Crippen molar-refractivity contribution in [3.8, 4) is 5.75 Å². The summed E-state index contributed by atoms with van der Waals surface area (Å²) in [5, 5.41) is 1.06. The summed E-state index contributed by atoms with van der Waals surface area (Å²) in [6, 6.07) is 8.37. The SMILES string of the molecule is CCOc1ccc(CC(C)CBr)cc1. The lowest BCUT2D eigenvalue weighted by molar-refractivity contribution is 0.340. The highest BCUT2D eigenvalue weighted by Gasteiger charge is 2.01. The predicted molar refractivity (Wildman–Crippen MR) is 64.3 cm³/mol. The van der Waals surface area contributed by atoms with Gasteiger partial charge in [0.25, 0.3) is 0 Å². The molecule has 0 spiro atoms. The molecule has 1 unspecified atom stereocenters. The summed E-state index contributed by atoms with van der Waals surface area (Å²) in [5.74, 6) is 1.65. The van der Waals surface area contributed by atoms with Gasteiger partial charge in [0.1, 0.15) is 5.75 Å². The van der Waals surface area contributed by atoms with Crippen LogP contribution in [0.15, 0.2) is 24.3 Å². The van der Waals surface area contributed by atoms with Gasteiger partial charge in [-0.1, -0.05) is 35.0 Å². The van der Waals surface area contributed by atoms with E-state index in [1.54, 1.807) is 0 Å². The third kappa shape index (κ3) is 3.70. The van der Waals surface area contributed by atoms with E-state index in [2.05, 4.69) is 35.0 Å². The number of halogens is 1. The summed E-state index contributed by atoms with van der Waals surface area (Å²) < 4.78 is 5.38. The van der Waals surface area contributed by atoms with E-state index < -0.39 is 0 Å². The number of benzene rings is 1. The molecule has 1 atom stereocenters. The van der Waals surface area contributed by atoms with Crippen LogP contribution >= 0.6 is 15.9 Å². The molecule has 0 aromatic heterocycles. The highest BCUT2D eigenvalue weighted by atomic mass is 79.9. The Kier molecular flexibility index (Phi) is 5.02. The van der Waals surface area contributed by atoms with Crippen LogP contribution in [0.4, 0.5) is 0 Å². The van der Waals surface area contributed by atoms with Crippen LogP contribution in [0.25, 0.3) is 0 Å². The molecule has 0 aliphatic carbocycles. The van der Waals surface area contributed by atoms with Gasteiger partial charge in [0, 0.05) is 5.33 Å². The molecule has 0 amide bonds. The predicted octanol–water partition coefficient (Wildman–Crippen LogP) is 3.66. The fraction of sp³-hybridized carbons (Fsp3) is 0.500. The molecule has 0 radical (unpaired) electrons. The Morgan fingerprint density at radius 1 is 1.29 bits per heavy atom. The quantitative estimate of drug-likeness (QED) is 0.731. The molecule has 0 fully saturated rings. The summed E-state index contributed by atoms with van der Waals surface area (Å²) in [6.45, 7) is 4.98. The monoisotopic (exact) mass is 256 g/mol. The fourth-order valence-electron chi connectivity index (χ4n) is 1.35. The topological polar surface area (TPSA) is 9.23 Å². The van der Waals surface area contributed by atoms with Crippen LogP contribution in [0.2, 0.25) is 0 Å². The molecule has 1 nitrogen and oxygen atoms in total. The Hall–Kier alpha value is -0.500. The van der Waals surface area contributed by atoms with Gasteiger partial charge < -0.3 is 4.74 Å². The number of rotatable bonds is 5. The highest BCUT2D eigenvalue weighted by Crippen LogP contribution is 2.15. The first-order valence-electron chi connectivity index (χ1n) is 5.04. The van der Waals surface area contributed by atoms with Crippen molar-refractivity contribution >= 4 is 15.9 Å². The molecular weight excluding hydrogens is 240 g/mol. The van der Waals surface area contributed by atoms with E-state index in [1.165, 1.54) is 5.56 Å². The van der Waals surface area contributed by atoms with Gasteiger partial charge in [0.15, 0.2) is 0 Å². The van der Waals surface area contributed by atoms with E-state index in [-0.39, 0.29) is 0 Å². The van der Waals surface area contributed by atoms with Crippen molar-refractivity contribution in [1.29, 1.82) is 0 Å². The summed E-state index contributed by atoms with van der Waals surface area (Å²) in [6.07, 6.45) is 1.12. The smallest absolute Gasteiger partial charge is 0.119 e. The lowest BCUT2D eigenvalue weighted by Crippen LogP contribution is -2.00. The van der Waals surface area contributed by atoms with Crippen LogP contribution in [0.5, 0.6) is 5.75 Å². The average molecular weight is 257 g/mol. The molecule has 0 heterocycles. The molecule has 1 aromatic rings. The minimum absolute atomic E-state index is 0.688. The molecule has 1 rings (SSSR count). The Balaban J connectivity index is 2.54. The summed E-state index contributed by atoms with van der Waals surface area (Å²) in [4.78, 5) is 0. The van der Waals surface area contributed by atoms with E-state index in [4.69, 9.17) is 4.74 Å². The molecule has 0 N–H and O–H groups in total. The van der Waals surface area contributed by atoms with Crippen molar-refractivity contribution in [2.75, 3.05) is 11.9 Å². The van der Waals surface area contributed by atoms with Crippen LogP contribution in [-0.2, 0) is 6.42 Å². The van der Waals surface area contributed by atoms with E-state index in [1.807, 2.05) is 19.1 Å². The molecule has 78 valence electrons. The van der Waals surface area contributed by atoms with Crippen molar-refractivity contribution in [2.45, 2.75) is 20.3 Å². The first kappa shape index (κ1) is 11.6. The van der Waals surface area contributed by atoms with Gasteiger partial charge in [-0.05, 0) is 37.0 Å².